The molecule has 1 heterocycles. The summed E-state index contributed by atoms with van der Waals surface area (Å²) in [4.78, 5) is 10.9. The van der Waals surface area contributed by atoms with Crippen LogP contribution >= 0.6 is 0 Å². The number of aromatic nitrogens is 2. The molecule has 1 rings (SSSR count). The number of ether oxygens (including phenoxy) is 2. The second kappa shape index (κ2) is 3.05. The first-order chi connectivity index (χ1) is 5.29. The van der Waals surface area contributed by atoms with Crippen molar-refractivity contribution < 1.29 is 14.3 Å². The smallest absolute Gasteiger partial charge is 0.359 e. The predicted molar refractivity (Wildman–Crippen MR) is 36.5 cm³/mol. The fraction of sp³-hybridized carbons (Fsp3) is 0.333. The molecule has 0 saturated carbocycles. The molecule has 0 unspecified atom stereocenters. The molecule has 11 heavy (non-hydrogen) atoms. The summed E-state index contributed by atoms with van der Waals surface area (Å²) in [6.45, 7) is 0. The maximum atomic E-state index is 10.9. The molecule has 60 valence electrons. The fourth-order valence-electron chi connectivity index (χ4n) is 0.678. The molecule has 0 aromatic carbocycles. The lowest BCUT2D eigenvalue weighted by Gasteiger charge is -1.97. The van der Waals surface area contributed by atoms with Crippen LogP contribution in [0.25, 0.3) is 0 Å². The van der Waals surface area contributed by atoms with Crippen LogP contribution in [0.15, 0.2) is 6.20 Å². The Morgan fingerprint density at radius 1 is 1.64 bits per heavy atom. The summed E-state index contributed by atoms with van der Waals surface area (Å²) in [5, 5.41) is 6.07. The molecular weight excluding hydrogens is 148 g/mol. The minimum atomic E-state index is -0.487. The van der Waals surface area contributed by atoms with Crippen LogP contribution in [0.3, 0.4) is 0 Å². The van der Waals surface area contributed by atoms with Crippen molar-refractivity contribution in [2.24, 2.45) is 0 Å². The third kappa shape index (κ3) is 1.31. The monoisotopic (exact) mass is 156 g/mol. The summed E-state index contributed by atoms with van der Waals surface area (Å²) in [5.74, 6) is -0.101. The number of carbonyl (C=O) groups excluding carboxylic acids is 1. The van der Waals surface area contributed by atoms with Crippen LogP contribution in [0.5, 0.6) is 5.75 Å². The summed E-state index contributed by atoms with van der Waals surface area (Å²) < 4.78 is 9.26. The molecular formula is C6H8N2O3. The Hall–Kier alpha value is -1.52. The molecule has 1 aromatic heterocycles. The first-order valence-electron chi connectivity index (χ1n) is 2.95. The summed E-state index contributed by atoms with van der Waals surface area (Å²) >= 11 is 0. The molecule has 5 nitrogen and oxygen atoms in total. The van der Waals surface area contributed by atoms with Crippen molar-refractivity contribution in [2.45, 2.75) is 0 Å². The number of nitrogens with zero attached hydrogens (tertiary/aromatic N) is 1. The van der Waals surface area contributed by atoms with Crippen LogP contribution in [0.1, 0.15) is 10.5 Å². The normalized spacial score (nSPS) is 9.27. The molecule has 1 N–H and O–H groups in total. The van der Waals surface area contributed by atoms with Crippen molar-refractivity contribution in [3.63, 3.8) is 0 Å². The summed E-state index contributed by atoms with van der Waals surface area (Å²) in [6.07, 6.45) is 1.41. The molecule has 0 saturated heterocycles. The number of carbonyl (C=O) groups is 1. The number of nitrogens with one attached hydrogen (secondary N) is 1. The molecule has 0 aliphatic carbocycles. The Morgan fingerprint density at radius 2 is 2.36 bits per heavy atom. The van der Waals surface area contributed by atoms with Crippen molar-refractivity contribution in [3.8, 4) is 5.75 Å². The van der Waals surface area contributed by atoms with Crippen molar-refractivity contribution in [1.29, 1.82) is 0 Å². The topological polar surface area (TPSA) is 64.2 Å². The Labute approximate surface area is 63.3 Å². The number of H-pyrrole nitrogens is 1. The van der Waals surface area contributed by atoms with E-state index < -0.39 is 5.97 Å². The highest BCUT2D eigenvalue weighted by Gasteiger charge is 2.13. The lowest BCUT2D eigenvalue weighted by Crippen LogP contribution is -2.03. The summed E-state index contributed by atoms with van der Waals surface area (Å²) in [6, 6.07) is 0. The van der Waals surface area contributed by atoms with Gasteiger partial charge in [-0.2, -0.15) is 5.10 Å². The van der Waals surface area contributed by atoms with E-state index in [1.165, 1.54) is 20.4 Å². The molecule has 0 amide bonds. The van der Waals surface area contributed by atoms with Crippen LogP contribution in [0.2, 0.25) is 0 Å². The van der Waals surface area contributed by atoms with Crippen molar-refractivity contribution >= 4 is 5.97 Å². The summed E-state index contributed by atoms with van der Waals surface area (Å²) in [7, 11) is 2.75. The largest absolute Gasteiger partial charge is 0.493 e. The van der Waals surface area contributed by atoms with Gasteiger partial charge in [0, 0.05) is 0 Å². The van der Waals surface area contributed by atoms with E-state index in [1.807, 2.05) is 0 Å². The number of aromatic amines is 1. The zero-order chi connectivity index (χ0) is 8.27. The molecule has 0 fully saturated rings. The Morgan fingerprint density at radius 3 is 2.91 bits per heavy atom. The standard InChI is InChI=1S/C6H8N2O3/c1-10-4-3-7-8-5(4)6(9)11-2/h3H,1-2H3,(H,7,8). The van der Waals surface area contributed by atoms with Gasteiger partial charge < -0.3 is 9.47 Å². The predicted octanol–water partition coefficient (Wildman–Crippen LogP) is 0.205. The average molecular weight is 156 g/mol. The van der Waals surface area contributed by atoms with Crippen LogP contribution in [0, 0.1) is 0 Å². The van der Waals surface area contributed by atoms with Gasteiger partial charge in [-0.1, -0.05) is 0 Å². The molecule has 0 radical (unpaired) electrons. The number of esters is 1. The van der Waals surface area contributed by atoms with E-state index in [0.29, 0.717) is 5.75 Å². The second-order valence-corrected chi connectivity index (χ2v) is 1.80. The van der Waals surface area contributed by atoms with E-state index in [1.54, 1.807) is 0 Å². The van der Waals surface area contributed by atoms with Gasteiger partial charge >= 0.3 is 5.97 Å². The van der Waals surface area contributed by atoms with Crippen LogP contribution in [-0.4, -0.2) is 30.4 Å². The van der Waals surface area contributed by atoms with Gasteiger partial charge in [0.05, 0.1) is 20.4 Å². The molecule has 0 aliphatic heterocycles. The number of hydrogen-bond acceptors (Lipinski definition) is 4. The molecule has 5 heteroatoms. The van der Waals surface area contributed by atoms with Gasteiger partial charge in [-0.25, -0.2) is 4.79 Å². The highest BCUT2D eigenvalue weighted by molar-refractivity contribution is 5.89. The molecule has 0 spiro atoms. The zero-order valence-electron chi connectivity index (χ0n) is 6.25. The van der Waals surface area contributed by atoms with Crippen molar-refractivity contribution in [2.75, 3.05) is 14.2 Å². The minimum absolute atomic E-state index is 0.231. The van der Waals surface area contributed by atoms with Gasteiger partial charge in [0.15, 0.2) is 11.4 Å². The third-order valence-corrected chi connectivity index (χ3v) is 1.21. The quantitative estimate of drug-likeness (QED) is 0.621. The lowest BCUT2D eigenvalue weighted by molar-refractivity contribution is 0.0590. The van der Waals surface area contributed by atoms with Crippen LogP contribution in [-0.2, 0) is 4.74 Å². The van der Waals surface area contributed by atoms with E-state index >= 15 is 0 Å². The Balaban J connectivity index is 2.92. The van der Waals surface area contributed by atoms with Gasteiger partial charge in [0.25, 0.3) is 0 Å². The van der Waals surface area contributed by atoms with Crippen molar-refractivity contribution in [3.05, 3.63) is 11.9 Å². The second-order valence-electron chi connectivity index (χ2n) is 1.80. The first kappa shape index (κ1) is 7.59. The number of rotatable bonds is 2. The van der Waals surface area contributed by atoms with E-state index in [4.69, 9.17) is 4.74 Å². The first-order valence-corrected chi connectivity index (χ1v) is 2.95. The van der Waals surface area contributed by atoms with Gasteiger partial charge in [-0.15, -0.1) is 0 Å². The molecule has 0 bridgehead atoms. The van der Waals surface area contributed by atoms with Gasteiger partial charge in [0.1, 0.15) is 0 Å². The average Bonchev–Trinajstić information content (AvgIpc) is 2.50. The number of methoxy groups -OCH3 is 2. The summed E-state index contributed by atoms with van der Waals surface area (Å²) in [5.41, 5.74) is 0.231. The van der Waals surface area contributed by atoms with Gasteiger partial charge in [-0.3, -0.25) is 5.10 Å². The van der Waals surface area contributed by atoms with Crippen LogP contribution in [0.4, 0.5) is 0 Å². The van der Waals surface area contributed by atoms with Gasteiger partial charge in [-0.05, 0) is 0 Å². The SMILES string of the molecule is COC(=O)c1[nH]ncc1OC. The fourth-order valence-corrected chi connectivity index (χ4v) is 0.678. The van der Waals surface area contributed by atoms with E-state index in [0.717, 1.165) is 0 Å². The molecule has 0 atom stereocenters. The maximum absolute atomic E-state index is 10.9. The molecule has 0 aliphatic rings. The Bertz CT molecular complexity index is 256. The minimum Gasteiger partial charge on any atom is -0.493 e. The van der Waals surface area contributed by atoms with Gasteiger partial charge in [0.2, 0.25) is 0 Å². The lowest BCUT2D eigenvalue weighted by atomic mass is 10.4. The zero-order valence-corrected chi connectivity index (χ0v) is 6.25. The van der Waals surface area contributed by atoms with E-state index in [-0.39, 0.29) is 5.69 Å². The van der Waals surface area contributed by atoms with Crippen molar-refractivity contribution in [1.82, 2.24) is 10.2 Å². The Kier molecular flexibility index (Phi) is 2.10. The molecule has 1 aromatic rings. The highest BCUT2D eigenvalue weighted by Crippen LogP contribution is 2.13. The maximum Gasteiger partial charge on any atom is 0.359 e. The number of hydrogen-bond donors (Lipinski definition) is 1. The third-order valence-electron chi connectivity index (χ3n) is 1.21. The van der Waals surface area contributed by atoms with E-state index in [9.17, 15) is 4.79 Å². The highest BCUT2D eigenvalue weighted by atomic mass is 16.5. The van der Waals surface area contributed by atoms with Crippen LogP contribution < -0.4 is 4.74 Å². The van der Waals surface area contributed by atoms with E-state index in [2.05, 4.69) is 14.9 Å².